The fraction of sp³-hybridized carbons (Fsp3) is 0.389. The number of nitrogens with one attached hydrogen (secondary N) is 2. The van der Waals surface area contributed by atoms with E-state index in [2.05, 4.69) is 15.6 Å². The van der Waals surface area contributed by atoms with Crippen LogP contribution in [0.15, 0.2) is 52.1 Å². The average Bonchev–Trinajstić information content (AvgIpc) is 3.11. The van der Waals surface area contributed by atoms with E-state index >= 15 is 0 Å². The van der Waals surface area contributed by atoms with Crippen LogP contribution in [0.2, 0.25) is 0 Å². The van der Waals surface area contributed by atoms with Gasteiger partial charge in [0, 0.05) is 20.0 Å². The molecule has 2 N–H and O–H groups in total. The zero-order valence-corrected chi connectivity index (χ0v) is 16.8. The lowest BCUT2D eigenvalue weighted by atomic mass is 10.2. The molecular weight excluding hydrogens is 436 g/mol. The van der Waals surface area contributed by atoms with Crippen molar-refractivity contribution >= 4 is 29.9 Å². The summed E-state index contributed by atoms with van der Waals surface area (Å²) in [7, 11) is 1.71. The Kier molecular flexibility index (Phi) is 9.98. The van der Waals surface area contributed by atoms with Crippen molar-refractivity contribution in [1.82, 2.24) is 10.6 Å². The Labute approximate surface area is 165 Å². The summed E-state index contributed by atoms with van der Waals surface area (Å²) in [5.41, 5.74) is 0. The van der Waals surface area contributed by atoms with Crippen LogP contribution in [0.5, 0.6) is 5.75 Å². The molecule has 7 heteroatoms. The van der Waals surface area contributed by atoms with Crippen LogP contribution >= 0.6 is 24.0 Å². The number of guanidine groups is 1. The first-order valence-corrected chi connectivity index (χ1v) is 8.11. The number of nitrogens with zero attached hydrogens (tertiary/aromatic N) is 1. The van der Waals surface area contributed by atoms with Gasteiger partial charge in [-0.2, -0.15) is 0 Å². The van der Waals surface area contributed by atoms with Gasteiger partial charge >= 0.3 is 0 Å². The van der Waals surface area contributed by atoms with Crippen molar-refractivity contribution in [2.45, 2.75) is 25.9 Å². The molecular formula is C18H25FIN3O2. The highest BCUT2D eigenvalue weighted by Gasteiger charge is 2.11. The summed E-state index contributed by atoms with van der Waals surface area (Å²) < 4.78 is 24.7. The molecule has 1 heterocycles. The predicted molar refractivity (Wildman–Crippen MR) is 108 cm³/mol. The molecule has 0 fully saturated rings. The molecule has 25 heavy (non-hydrogen) atoms. The van der Waals surface area contributed by atoms with E-state index in [4.69, 9.17) is 9.15 Å². The number of hydrogen-bond acceptors (Lipinski definition) is 3. The largest absolute Gasteiger partial charge is 0.486 e. The van der Waals surface area contributed by atoms with Gasteiger partial charge in [-0.15, -0.1) is 24.0 Å². The molecule has 0 saturated heterocycles. The molecule has 0 bridgehead atoms. The number of rotatable bonds is 8. The molecule has 0 aliphatic carbocycles. The molecule has 0 saturated carbocycles. The number of para-hydroxylation sites is 1. The smallest absolute Gasteiger partial charge is 0.191 e. The van der Waals surface area contributed by atoms with Gasteiger partial charge in [0.2, 0.25) is 0 Å². The van der Waals surface area contributed by atoms with Crippen molar-refractivity contribution in [2.24, 2.45) is 4.99 Å². The van der Waals surface area contributed by atoms with Crippen LogP contribution in [0.25, 0.3) is 0 Å². The quantitative estimate of drug-likeness (QED) is 0.359. The lowest BCUT2D eigenvalue weighted by Crippen LogP contribution is -2.43. The topological polar surface area (TPSA) is 58.8 Å². The molecule has 0 spiro atoms. The molecule has 0 amide bonds. The third-order valence-corrected chi connectivity index (χ3v) is 3.55. The maximum Gasteiger partial charge on any atom is 0.191 e. The molecule has 1 atom stereocenters. The Bertz CT molecular complexity index is 635. The second kappa shape index (κ2) is 11.7. The Morgan fingerprint density at radius 2 is 2.04 bits per heavy atom. The summed E-state index contributed by atoms with van der Waals surface area (Å²) in [6.07, 6.45) is 3.04. The summed E-state index contributed by atoms with van der Waals surface area (Å²) in [6.45, 7) is 3.24. The minimum atomic E-state index is -0.350. The monoisotopic (exact) mass is 461 g/mol. The van der Waals surface area contributed by atoms with E-state index in [-0.39, 0.29) is 41.6 Å². The van der Waals surface area contributed by atoms with E-state index in [0.29, 0.717) is 19.0 Å². The highest BCUT2D eigenvalue weighted by molar-refractivity contribution is 14.0. The Hall–Kier alpha value is -1.77. The number of furan rings is 1. The zero-order chi connectivity index (χ0) is 17.2. The van der Waals surface area contributed by atoms with Gasteiger partial charge in [-0.05, 0) is 30.7 Å². The minimum Gasteiger partial charge on any atom is -0.486 e. The first-order chi connectivity index (χ1) is 11.7. The van der Waals surface area contributed by atoms with Crippen LogP contribution in [-0.2, 0) is 6.42 Å². The predicted octanol–water partition coefficient (Wildman–Crippen LogP) is 3.60. The van der Waals surface area contributed by atoms with E-state index in [1.54, 1.807) is 31.5 Å². The lowest BCUT2D eigenvalue weighted by molar-refractivity contribution is 0.191. The fourth-order valence-corrected chi connectivity index (χ4v) is 2.18. The van der Waals surface area contributed by atoms with Gasteiger partial charge in [0.25, 0.3) is 0 Å². The second-order valence-corrected chi connectivity index (χ2v) is 5.29. The van der Waals surface area contributed by atoms with Gasteiger partial charge in [0.1, 0.15) is 11.9 Å². The van der Waals surface area contributed by atoms with E-state index in [1.165, 1.54) is 6.07 Å². The molecule has 1 aromatic carbocycles. The van der Waals surface area contributed by atoms with Gasteiger partial charge in [0.15, 0.2) is 17.5 Å². The number of aliphatic imine (C=N–C) groups is 1. The van der Waals surface area contributed by atoms with E-state index in [1.807, 2.05) is 19.1 Å². The van der Waals surface area contributed by atoms with Crippen LogP contribution < -0.4 is 15.4 Å². The van der Waals surface area contributed by atoms with Crippen LogP contribution in [0.1, 0.15) is 19.1 Å². The maximum absolute atomic E-state index is 13.7. The van der Waals surface area contributed by atoms with Crippen LogP contribution in [0.3, 0.4) is 0 Å². The maximum atomic E-state index is 13.7. The molecule has 1 unspecified atom stereocenters. The third kappa shape index (κ3) is 7.33. The van der Waals surface area contributed by atoms with E-state index in [9.17, 15) is 4.39 Å². The molecule has 0 aliphatic heterocycles. The summed E-state index contributed by atoms with van der Waals surface area (Å²) in [5.74, 6) is 1.52. The first-order valence-electron chi connectivity index (χ1n) is 8.11. The van der Waals surface area contributed by atoms with Crippen LogP contribution in [0.4, 0.5) is 4.39 Å². The minimum absolute atomic E-state index is 0. The van der Waals surface area contributed by atoms with Crippen molar-refractivity contribution < 1.29 is 13.5 Å². The Morgan fingerprint density at radius 3 is 2.68 bits per heavy atom. The van der Waals surface area contributed by atoms with Crippen molar-refractivity contribution in [3.63, 3.8) is 0 Å². The molecule has 5 nitrogen and oxygen atoms in total. The summed E-state index contributed by atoms with van der Waals surface area (Å²) in [6, 6.07) is 10.2. The summed E-state index contributed by atoms with van der Waals surface area (Å²) >= 11 is 0. The number of halogens is 2. The normalized spacial score (nSPS) is 12.2. The van der Waals surface area contributed by atoms with Crippen LogP contribution in [0, 0.1) is 5.82 Å². The van der Waals surface area contributed by atoms with Crippen molar-refractivity contribution in [2.75, 3.05) is 20.1 Å². The third-order valence-electron chi connectivity index (χ3n) is 3.55. The van der Waals surface area contributed by atoms with Crippen molar-refractivity contribution in [3.8, 4) is 5.75 Å². The van der Waals surface area contributed by atoms with Crippen molar-refractivity contribution in [3.05, 3.63) is 54.2 Å². The number of hydrogen-bond donors (Lipinski definition) is 2. The molecule has 0 radical (unpaired) electrons. The van der Waals surface area contributed by atoms with Gasteiger partial charge in [-0.3, -0.25) is 4.99 Å². The summed E-state index contributed by atoms with van der Waals surface area (Å²) in [4.78, 5) is 4.17. The summed E-state index contributed by atoms with van der Waals surface area (Å²) in [5, 5.41) is 6.41. The number of ether oxygens (including phenoxy) is 1. The van der Waals surface area contributed by atoms with Crippen LogP contribution in [-0.4, -0.2) is 32.2 Å². The lowest BCUT2D eigenvalue weighted by Gasteiger charge is -2.20. The molecule has 2 rings (SSSR count). The first kappa shape index (κ1) is 21.3. The second-order valence-electron chi connectivity index (χ2n) is 5.29. The van der Waals surface area contributed by atoms with Gasteiger partial charge < -0.3 is 19.8 Å². The average molecular weight is 461 g/mol. The SMILES string of the molecule is CCC(CNC(=NC)NCCc1ccco1)Oc1ccccc1F.I. The molecule has 0 aliphatic rings. The standard InChI is InChI=1S/C18H24FN3O2.HI/c1-3-14(24-17-9-5-4-8-16(17)19)13-22-18(20-2)21-11-10-15-7-6-12-23-15;/h4-9,12,14H,3,10-11,13H2,1-2H3,(H2,20,21,22);1H. The fourth-order valence-electron chi connectivity index (χ4n) is 2.18. The molecule has 138 valence electrons. The molecule has 1 aromatic heterocycles. The number of benzene rings is 1. The van der Waals surface area contributed by atoms with Crippen molar-refractivity contribution in [1.29, 1.82) is 0 Å². The van der Waals surface area contributed by atoms with Gasteiger partial charge in [-0.25, -0.2) is 4.39 Å². The van der Waals surface area contributed by atoms with E-state index < -0.39 is 0 Å². The Morgan fingerprint density at radius 1 is 1.24 bits per heavy atom. The highest BCUT2D eigenvalue weighted by atomic mass is 127. The zero-order valence-electron chi connectivity index (χ0n) is 14.5. The van der Waals surface area contributed by atoms with E-state index in [0.717, 1.165) is 18.6 Å². The van der Waals surface area contributed by atoms with Gasteiger partial charge in [0.05, 0.1) is 12.8 Å². The van der Waals surface area contributed by atoms with Gasteiger partial charge in [-0.1, -0.05) is 19.1 Å². The Balaban J connectivity index is 0.00000312. The molecule has 2 aromatic rings. The highest BCUT2D eigenvalue weighted by Crippen LogP contribution is 2.17.